The van der Waals surface area contributed by atoms with E-state index in [1.807, 2.05) is 32.6 Å². The number of aromatic nitrogens is 3. The maximum absolute atomic E-state index is 12.7. The Morgan fingerprint density at radius 1 is 1.00 bits per heavy atom. The van der Waals surface area contributed by atoms with Crippen LogP contribution in [0.2, 0.25) is 0 Å². The lowest BCUT2D eigenvalue weighted by molar-refractivity contribution is -0.00773. The Morgan fingerprint density at radius 3 is 2.25 bits per heavy atom. The quantitative estimate of drug-likeness (QED) is 0.555. The summed E-state index contributed by atoms with van der Waals surface area (Å²) in [6.45, 7) is 7.44. The highest BCUT2D eigenvalue weighted by molar-refractivity contribution is 7.92. The van der Waals surface area contributed by atoms with Crippen LogP contribution in [0.15, 0.2) is 29.7 Å². The Kier molecular flexibility index (Phi) is 6.30. The predicted molar refractivity (Wildman–Crippen MR) is 130 cm³/mol. The summed E-state index contributed by atoms with van der Waals surface area (Å²) in [6, 6.07) is 3.20. The summed E-state index contributed by atoms with van der Waals surface area (Å²) in [4.78, 5) is 27.2. The summed E-state index contributed by atoms with van der Waals surface area (Å²) in [5.41, 5.74) is 0.105. The van der Waals surface area contributed by atoms with Gasteiger partial charge in [-0.2, -0.15) is 0 Å². The lowest BCUT2D eigenvalue weighted by Gasteiger charge is -2.39. The fourth-order valence-electron chi connectivity index (χ4n) is 4.89. The van der Waals surface area contributed by atoms with Crippen molar-refractivity contribution >= 4 is 15.9 Å². The van der Waals surface area contributed by atoms with Crippen molar-refractivity contribution < 1.29 is 27.4 Å². The Morgan fingerprint density at radius 2 is 1.67 bits per heavy atom. The van der Waals surface area contributed by atoms with Crippen molar-refractivity contribution in [3.8, 4) is 17.5 Å². The maximum atomic E-state index is 12.7. The molecule has 10 nitrogen and oxygen atoms in total. The van der Waals surface area contributed by atoms with Gasteiger partial charge in [-0.05, 0) is 65.5 Å². The van der Waals surface area contributed by atoms with E-state index in [4.69, 9.17) is 14.2 Å². The molecule has 2 aromatic rings. The SMILES string of the molecule is Cc1c(Oc2ccc(S(=O)(=O)C3CC3)nc2)ncnc1OC1CC2CC[C@@H](C1)N2C(=O)OC(C)(C)C. The number of sulfone groups is 1. The number of rotatable bonds is 6. The van der Waals surface area contributed by atoms with Gasteiger partial charge in [0.1, 0.15) is 23.8 Å². The molecule has 5 rings (SSSR count). The molecule has 0 radical (unpaired) electrons. The average molecular weight is 517 g/mol. The molecule has 4 heterocycles. The van der Waals surface area contributed by atoms with Crippen molar-refractivity contribution in [1.82, 2.24) is 19.9 Å². The molecule has 0 spiro atoms. The molecule has 0 N–H and O–H groups in total. The summed E-state index contributed by atoms with van der Waals surface area (Å²) in [5, 5.41) is -0.250. The van der Waals surface area contributed by atoms with Crippen molar-refractivity contribution in [2.24, 2.45) is 0 Å². The molecule has 2 bridgehead atoms. The minimum atomic E-state index is -3.35. The third kappa shape index (κ3) is 5.11. The van der Waals surface area contributed by atoms with Gasteiger partial charge in [0.15, 0.2) is 14.9 Å². The summed E-state index contributed by atoms with van der Waals surface area (Å²) in [5.74, 6) is 1.12. The summed E-state index contributed by atoms with van der Waals surface area (Å²) >= 11 is 0. The summed E-state index contributed by atoms with van der Waals surface area (Å²) in [6.07, 6.45) is 7.07. The maximum Gasteiger partial charge on any atom is 0.410 e. The Balaban J connectivity index is 1.24. The molecule has 1 amide bonds. The second-order valence-electron chi connectivity index (χ2n) is 10.8. The summed E-state index contributed by atoms with van der Waals surface area (Å²) < 4.78 is 42.5. The molecular weight excluding hydrogens is 484 g/mol. The van der Waals surface area contributed by atoms with Crippen LogP contribution in [0.1, 0.15) is 64.9 Å². The molecule has 2 unspecified atom stereocenters. The van der Waals surface area contributed by atoms with Crippen LogP contribution < -0.4 is 9.47 Å². The van der Waals surface area contributed by atoms with Crippen molar-refractivity contribution in [1.29, 1.82) is 0 Å². The van der Waals surface area contributed by atoms with Crippen LogP contribution in [0.25, 0.3) is 0 Å². The monoisotopic (exact) mass is 516 g/mol. The van der Waals surface area contributed by atoms with Crippen molar-refractivity contribution in [3.63, 3.8) is 0 Å². The Hall–Kier alpha value is -2.95. The van der Waals surface area contributed by atoms with Crippen molar-refractivity contribution in [2.45, 2.75) is 100 Å². The Labute approximate surface area is 211 Å². The van der Waals surface area contributed by atoms with Crippen LogP contribution in [0.3, 0.4) is 0 Å². The van der Waals surface area contributed by atoms with E-state index in [2.05, 4.69) is 15.0 Å². The second kappa shape index (κ2) is 9.17. The van der Waals surface area contributed by atoms with Gasteiger partial charge in [0, 0.05) is 24.9 Å². The van der Waals surface area contributed by atoms with E-state index in [1.165, 1.54) is 18.6 Å². The number of hydrogen-bond donors (Lipinski definition) is 0. The van der Waals surface area contributed by atoms with Crippen LogP contribution in [-0.2, 0) is 14.6 Å². The standard InChI is InChI=1S/C25H32N4O6S/c1-15-22(33-18-7-10-21(26-13-18)36(31,32)20-8-9-20)27-14-28-23(15)34-19-11-16-5-6-17(12-19)29(16)24(30)35-25(2,3)4/h7,10,13-14,16-17,19-20H,5-6,8-9,11-12H2,1-4H3/t16-,17?,19?/m0/s1. The van der Waals surface area contributed by atoms with Crippen LogP contribution in [0, 0.1) is 6.92 Å². The minimum absolute atomic E-state index is 0.0631. The van der Waals surface area contributed by atoms with Crippen molar-refractivity contribution in [2.75, 3.05) is 0 Å². The fraction of sp³-hybridized carbons (Fsp3) is 0.600. The number of amides is 1. The van der Waals surface area contributed by atoms with Gasteiger partial charge < -0.3 is 19.1 Å². The van der Waals surface area contributed by atoms with Crippen LogP contribution in [0.5, 0.6) is 17.5 Å². The van der Waals surface area contributed by atoms with Gasteiger partial charge >= 0.3 is 6.09 Å². The van der Waals surface area contributed by atoms with E-state index in [0.717, 1.165) is 12.8 Å². The predicted octanol–water partition coefficient (Wildman–Crippen LogP) is 4.22. The van der Waals surface area contributed by atoms with E-state index in [1.54, 1.807) is 6.07 Å². The zero-order valence-electron chi connectivity index (χ0n) is 21.0. The normalized spacial score (nSPS) is 23.9. The molecule has 11 heteroatoms. The van der Waals surface area contributed by atoms with E-state index < -0.39 is 15.4 Å². The van der Waals surface area contributed by atoms with E-state index in [0.29, 0.717) is 48.8 Å². The highest BCUT2D eigenvalue weighted by Gasteiger charge is 2.46. The molecule has 2 aromatic heterocycles. The molecule has 36 heavy (non-hydrogen) atoms. The first-order valence-electron chi connectivity index (χ1n) is 12.4. The third-order valence-corrected chi connectivity index (χ3v) is 8.92. The van der Waals surface area contributed by atoms with E-state index in [9.17, 15) is 13.2 Å². The van der Waals surface area contributed by atoms with Gasteiger partial charge in [0.25, 0.3) is 0 Å². The number of piperidine rings is 1. The number of carbonyl (C=O) groups is 1. The number of nitrogens with zero attached hydrogens (tertiary/aromatic N) is 4. The average Bonchev–Trinajstić information content (AvgIpc) is 3.62. The zero-order valence-corrected chi connectivity index (χ0v) is 21.8. The first-order chi connectivity index (χ1) is 17.0. The molecular formula is C25H32N4O6S. The molecule has 194 valence electrons. The molecule has 2 saturated heterocycles. The van der Waals surface area contributed by atoms with Gasteiger partial charge in [0.05, 0.1) is 17.0 Å². The highest BCUT2D eigenvalue weighted by Crippen LogP contribution is 2.39. The number of ether oxygens (including phenoxy) is 3. The smallest absolute Gasteiger partial charge is 0.410 e. The second-order valence-corrected chi connectivity index (χ2v) is 12.9. The van der Waals surface area contributed by atoms with E-state index in [-0.39, 0.29) is 34.6 Å². The number of pyridine rings is 1. The van der Waals surface area contributed by atoms with Crippen molar-refractivity contribution in [3.05, 3.63) is 30.2 Å². The minimum Gasteiger partial charge on any atom is -0.474 e. The van der Waals surface area contributed by atoms with Gasteiger partial charge in [-0.1, -0.05) is 0 Å². The van der Waals surface area contributed by atoms with Crippen LogP contribution >= 0.6 is 0 Å². The van der Waals surface area contributed by atoms with Crippen LogP contribution in [0.4, 0.5) is 4.79 Å². The molecule has 3 fully saturated rings. The Bertz CT molecular complexity index is 1230. The topological polar surface area (TPSA) is 121 Å². The highest BCUT2D eigenvalue weighted by atomic mass is 32.2. The first-order valence-corrected chi connectivity index (χ1v) is 13.9. The number of fused-ring (bicyclic) bond motifs is 2. The lowest BCUT2D eigenvalue weighted by atomic mass is 10.00. The number of hydrogen-bond acceptors (Lipinski definition) is 9. The summed E-state index contributed by atoms with van der Waals surface area (Å²) in [7, 11) is -3.35. The van der Waals surface area contributed by atoms with Crippen LogP contribution in [-0.4, -0.2) is 63.4 Å². The fourth-order valence-corrected chi connectivity index (χ4v) is 6.45. The van der Waals surface area contributed by atoms with Gasteiger partial charge in [-0.15, -0.1) is 0 Å². The third-order valence-electron chi connectivity index (χ3n) is 6.74. The van der Waals surface area contributed by atoms with Gasteiger partial charge in [-0.3, -0.25) is 0 Å². The van der Waals surface area contributed by atoms with E-state index >= 15 is 0 Å². The molecule has 2 aliphatic heterocycles. The molecule has 3 aliphatic rings. The lowest BCUT2D eigenvalue weighted by Crippen LogP contribution is -2.50. The zero-order chi connectivity index (χ0) is 25.7. The van der Waals surface area contributed by atoms with Gasteiger partial charge in [-0.25, -0.2) is 28.2 Å². The van der Waals surface area contributed by atoms with Gasteiger partial charge in [0.2, 0.25) is 11.8 Å². The molecule has 3 atom stereocenters. The molecule has 1 saturated carbocycles. The first kappa shape index (κ1) is 24.7. The number of carbonyl (C=O) groups excluding carboxylic acids is 1. The molecule has 1 aliphatic carbocycles. The molecule has 0 aromatic carbocycles. The largest absolute Gasteiger partial charge is 0.474 e.